The topological polar surface area (TPSA) is 89.9 Å². The normalized spacial score (nSPS) is 14.2. The van der Waals surface area contributed by atoms with Crippen LogP contribution in [0.3, 0.4) is 0 Å². The number of hydrogen-bond donors (Lipinski definition) is 1. The van der Waals surface area contributed by atoms with Crippen molar-refractivity contribution in [1.29, 1.82) is 0 Å². The largest absolute Gasteiger partial charge is 0.482 e. The number of ether oxygens (including phenoxy) is 2. The number of para-hydroxylation sites is 1. The first-order valence-corrected chi connectivity index (χ1v) is 7.08. The summed E-state index contributed by atoms with van der Waals surface area (Å²) >= 11 is 0. The van der Waals surface area contributed by atoms with Gasteiger partial charge in [0.15, 0.2) is 6.61 Å². The van der Waals surface area contributed by atoms with Crippen LogP contribution in [-0.2, 0) is 19.6 Å². The molecule has 1 atom stereocenters. The second-order valence-corrected chi connectivity index (χ2v) is 5.54. The molecule has 0 aromatic heterocycles. The average Bonchev–Trinajstić information content (AvgIpc) is 2.41. The number of benzene rings is 1. The van der Waals surface area contributed by atoms with E-state index in [9.17, 15) is 35.2 Å². The molecule has 1 unspecified atom stereocenters. The Morgan fingerprint density at radius 2 is 1.65 bits per heavy atom. The van der Waals surface area contributed by atoms with Gasteiger partial charge in [-0.1, -0.05) is 18.2 Å². The SMILES string of the molecule is O=C(COc1ccccc1)OC(C(F)(F)F)C(F)(F)S(=O)(=O)O. The molecule has 0 saturated heterocycles. The second kappa shape index (κ2) is 6.66. The molecule has 0 radical (unpaired) electrons. The Labute approximate surface area is 126 Å². The molecule has 12 heteroatoms. The summed E-state index contributed by atoms with van der Waals surface area (Å²) in [6.45, 7) is -1.18. The Hall–Kier alpha value is -1.95. The van der Waals surface area contributed by atoms with E-state index in [1.54, 1.807) is 6.07 Å². The maximum absolute atomic E-state index is 13.1. The first-order valence-electron chi connectivity index (χ1n) is 5.64. The molecule has 0 aliphatic heterocycles. The molecule has 0 aliphatic carbocycles. The highest BCUT2D eigenvalue weighted by Gasteiger charge is 2.66. The minimum absolute atomic E-state index is 0.0366. The number of alkyl halides is 5. The van der Waals surface area contributed by atoms with Gasteiger partial charge in [-0.15, -0.1) is 0 Å². The van der Waals surface area contributed by atoms with Gasteiger partial charge in [0.05, 0.1) is 0 Å². The monoisotopic (exact) mass is 364 g/mol. The lowest BCUT2D eigenvalue weighted by molar-refractivity contribution is -0.259. The van der Waals surface area contributed by atoms with E-state index in [0.717, 1.165) is 0 Å². The second-order valence-electron chi connectivity index (χ2n) is 4.05. The number of esters is 1. The van der Waals surface area contributed by atoms with Gasteiger partial charge in [0.25, 0.3) is 6.10 Å². The van der Waals surface area contributed by atoms with Crippen molar-refractivity contribution in [2.45, 2.75) is 17.5 Å². The zero-order chi connectivity index (χ0) is 17.9. The molecule has 1 rings (SSSR count). The van der Waals surface area contributed by atoms with Crippen LogP contribution < -0.4 is 4.74 Å². The first-order chi connectivity index (χ1) is 10.4. The maximum atomic E-state index is 13.1. The molecule has 1 aromatic rings. The van der Waals surface area contributed by atoms with Gasteiger partial charge in [-0.25, -0.2) is 4.79 Å². The Kier molecular flexibility index (Phi) is 5.53. The lowest BCUT2D eigenvalue weighted by Gasteiger charge is -2.25. The number of carbonyl (C=O) groups excluding carboxylic acids is 1. The van der Waals surface area contributed by atoms with Gasteiger partial charge >= 0.3 is 27.5 Å². The third-order valence-corrected chi connectivity index (χ3v) is 3.20. The maximum Gasteiger partial charge on any atom is 0.432 e. The quantitative estimate of drug-likeness (QED) is 0.472. The van der Waals surface area contributed by atoms with Gasteiger partial charge in [0.1, 0.15) is 5.75 Å². The fraction of sp³-hybridized carbons (Fsp3) is 0.364. The molecule has 0 saturated carbocycles. The van der Waals surface area contributed by atoms with Crippen LogP contribution in [0.5, 0.6) is 5.75 Å². The molecular formula is C11H9F5O6S. The molecule has 1 N–H and O–H groups in total. The molecule has 0 bridgehead atoms. The zero-order valence-corrected chi connectivity index (χ0v) is 11.8. The van der Waals surface area contributed by atoms with Crippen LogP contribution in [0.4, 0.5) is 22.0 Å². The Morgan fingerprint density at radius 3 is 2.09 bits per heavy atom. The van der Waals surface area contributed by atoms with Gasteiger partial charge in [-0.05, 0) is 12.1 Å². The third kappa shape index (κ3) is 5.03. The summed E-state index contributed by atoms with van der Waals surface area (Å²) in [5.41, 5.74) is 0. The van der Waals surface area contributed by atoms with Crippen LogP contribution in [0.2, 0.25) is 0 Å². The highest BCUT2D eigenvalue weighted by Crippen LogP contribution is 2.38. The summed E-state index contributed by atoms with van der Waals surface area (Å²) in [6.07, 6.45) is -10.3. The van der Waals surface area contributed by atoms with E-state index >= 15 is 0 Å². The number of carbonyl (C=O) groups is 1. The molecule has 0 aliphatic rings. The van der Waals surface area contributed by atoms with Gasteiger partial charge in [-0.2, -0.15) is 30.4 Å². The van der Waals surface area contributed by atoms with Gasteiger partial charge < -0.3 is 9.47 Å². The van der Waals surface area contributed by atoms with E-state index in [4.69, 9.17) is 4.55 Å². The van der Waals surface area contributed by atoms with Crippen molar-refractivity contribution in [1.82, 2.24) is 0 Å². The molecule has 130 valence electrons. The van der Waals surface area contributed by atoms with E-state index in [2.05, 4.69) is 9.47 Å². The Balaban J connectivity index is 2.85. The molecule has 0 heterocycles. The van der Waals surface area contributed by atoms with Crippen molar-refractivity contribution in [2.75, 3.05) is 6.61 Å². The van der Waals surface area contributed by atoms with Crippen molar-refractivity contribution in [3.63, 3.8) is 0 Å². The number of halogens is 5. The predicted octanol–water partition coefficient (Wildman–Crippen LogP) is 2.02. The van der Waals surface area contributed by atoms with E-state index in [0.29, 0.717) is 0 Å². The van der Waals surface area contributed by atoms with Crippen LogP contribution in [0, 0.1) is 0 Å². The predicted molar refractivity (Wildman–Crippen MR) is 64.4 cm³/mol. The minimum Gasteiger partial charge on any atom is -0.482 e. The van der Waals surface area contributed by atoms with E-state index < -0.39 is 40.2 Å². The van der Waals surface area contributed by atoms with Crippen molar-refractivity contribution >= 4 is 16.1 Å². The Bertz CT molecular complexity index is 643. The summed E-state index contributed by atoms with van der Waals surface area (Å²) < 4.78 is 101. The fourth-order valence-electron chi connectivity index (χ4n) is 1.29. The lowest BCUT2D eigenvalue weighted by atomic mass is 10.3. The van der Waals surface area contributed by atoms with Crippen LogP contribution >= 0.6 is 0 Å². The van der Waals surface area contributed by atoms with Crippen molar-refractivity contribution in [3.05, 3.63) is 30.3 Å². The van der Waals surface area contributed by atoms with E-state index in [1.165, 1.54) is 24.3 Å². The van der Waals surface area contributed by atoms with Crippen molar-refractivity contribution in [2.24, 2.45) is 0 Å². The molecule has 1 aromatic carbocycles. The molecule has 23 heavy (non-hydrogen) atoms. The minimum atomic E-state index is -6.47. The first kappa shape index (κ1) is 19.1. The highest BCUT2D eigenvalue weighted by atomic mass is 32.2. The Morgan fingerprint density at radius 1 is 1.13 bits per heavy atom. The van der Waals surface area contributed by atoms with Crippen LogP contribution in [0.25, 0.3) is 0 Å². The van der Waals surface area contributed by atoms with Crippen LogP contribution in [0.15, 0.2) is 30.3 Å². The highest BCUT2D eigenvalue weighted by molar-refractivity contribution is 7.86. The lowest BCUT2D eigenvalue weighted by Crippen LogP contribution is -2.52. The molecule has 0 spiro atoms. The smallest absolute Gasteiger partial charge is 0.432 e. The number of hydrogen-bond acceptors (Lipinski definition) is 5. The van der Waals surface area contributed by atoms with Crippen LogP contribution in [-0.4, -0.2) is 43.1 Å². The molecule has 0 fully saturated rings. The molecular weight excluding hydrogens is 355 g/mol. The summed E-state index contributed by atoms with van der Waals surface area (Å²) in [6, 6.07) is 7.14. The zero-order valence-electron chi connectivity index (χ0n) is 11.0. The van der Waals surface area contributed by atoms with Crippen molar-refractivity contribution < 1.29 is 49.2 Å². The van der Waals surface area contributed by atoms with Gasteiger partial charge in [0.2, 0.25) is 0 Å². The standard InChI is InChI=1S/C11H9F5O6S/c12-10(13,14)9(11(15,16)23(18,19)20)22-8(17)6-21-7-4-2-1-3-5-7/h1-5,9H,6H2,(H,18,19,20). The summed E-state index contributed by atoms with van der Waals surface area (Å²) in [5.74, 6) is -1.87. The summed E-state index contributed by atoms with van der Waals surface area (Å²) in [4.78, 5) is 11.2. The molecule has 0 amide bonds. The summed E-state index contributed by atoms with van der Waals surface area (Å²) in [7, 11) is -6.47. The van der Waals surface area contributed by atoms with Crippen LogP contribution in [0.1, 0.15) is 0 Å². The molecule has 6 nitrogen and oxygen atoms in total. The van der Waals surface area contributed by atoms with Crippen molar-refractivity contribution in [3.8, 4) is 5.75 Å². The number of rotatable bonds is 6. The van der Waals surface area contributed by atoms with E-state index in [-0.39, 0.29) is 5.75 Å². The fourth-order valence-corrected chi connectivity index (χ4v) is 1.74. The summed E-state index contributed by atoms with van der Waals surface area (Å²) in [5, 5.41) is -5.77. The third-order valence-electron chi connectivity index (χ3n) is 2.30. The van der Waals surface area contributed by atoms with Gasteiger partial charge in [0, 0.05) is 0 Å². The van der Waals surface area contributed by atoms with Gasteiger partial charge in [-0.3, -0.25) is 4.55 Å². The van der Waals surface area contributed by atoms with E-state index in [1.807, 2.05) is 0 Å². The average molecular weight is 364 g/mol.